The van der Waals surface area contributed by atoms with Gasteiger partial charge in [-0.3, -0.25) is 0 Å². The third kappa shape index (κ3) is 0.930. The molecule has 0 atom stereocenters. The van der Waals surface area contributed by atoms with E-state index in [9.17, 15) is 0 Å². The Bertz CT molecular complexity index is 190. The van der Waals surface area contributed by atoms with Crippen LogP contribution in [0.2, 0.25) is 10.6 Å². The standard InChI is InChI=1S/C10H18B2/c11-9-2-7-1-8(4-9)5-10(12,3-7)6-9/h7-8H,1-6,11-12H2. The lowest BCUT2D eigenvalue weighted by Crippen LogP contribution is -2.45. The minimum Gasteiger partial charge on any atom is -0.0581 e. The van der Waals surface area contributed by atoms with Crippen molar-refractivity contribution in [3.63, 3.8) is 0 Å². The van der Waals surface area contributed by atoms with E-state index < -0.39 is 0 Å². The third-order valence-electron chi connectivity index (χ3n) is 4.65. The predicted octanol–water partition coefficient (Wildman–Crippen LogP) is 1.18. The van der Waals surface area contributed by atoms with E-state index in [1.54, 1.807) is 32.1 Å². The molecule has 0 spiro atoms. The van der Waals surface area contributed by atoms with Gasteiger partial charge in [-0.15, -0.1) is 0 Å². The summed E-state index contributed by atoms with van der Waals surface area (Å²) >= 11 is 0. The zero-order valence-corrected chi connectivity index (χ0v) is 8.40. The minimum absolute atomic E-state index is 0.763. The van der Waals surface area contributed by atoms with Crippen molar-refractivity contribution in [3.05, 3.63) is 0 Å². The van der Waals surface area contributed by atoms with Crippen LogP contribution in [-0.4, -0.2) is 15.7 Å². The van der Waals surface area contributed by atoms with Gasteiger partial charge in [0.25, 0.3) is 0 Å². The van der Waals surface area contributed by atoms with E-state index in [-0.39, 0.29) is 0 Å². The molecule has 0 aliphatic heterocycles. The summed E-state index contributed by atoms with van der Waals surface area (Å²) in [7, 11) is 5.09. The van der Waals surface area contributed by atoms with Crippen LogP contribution < -0.4 is 0 Å². The molecule has 2 heteroatoms. The highest BCUT2D eigenvalue weighted by Crippen LogP contribution is 2.69. The molecule has 0 aromatic rings. The van der Waals surface area contributed by atoms with Crippen LogP contribution in [0.1, 0.15) is 38.5 Å². The van der Waals surface area contributed by atoms with Crippen LogP contribution in [0, 0.1) is 11.8 Å². The maximum Gasteiger partial charge on any atom is 0.109 e. The quantitative estimate of drug-likeness (QED) is 0.466. The Morgan fingerprint density at radius 1 is 0.833 bits per heavy atom. The van der Waals surface area contributed by atoms with Crippen LogP contribution in [0.4, 0.5) is 0 Å². The molecule has 0 heterocycles. The second kappa shape index (κ2) is 1.96. The summed E-state index contributed by atoms with van der Waals surface area (Å²) < 4.78 is 0. The van der Waals surface area contributed by atoms with Gasteiger partial charge < -0.3 is 0 Å². The summed E-state index contributed by atoms with van der Waals surface area (Å²) in [6.07, 6.45) is 9.33. The molecular weight excluding hydrogens is 142 g/mol. The van der Waals surface area contributed by atoms with Crippen LogP contribution in [0.15, 0.2) is 0 Å². The van der Waals surface area contributed by atoms with Gasteiger partial charge >= 0.3 is 0 Å². The van der Waals surface area contributed by atoms with Crippen LogP contribution >= 0.6 is 0 Å². The molecule has 4 aliphatic rings. The third-order valence-corrected chi connectivity index (χ3v) is 4.65. The van der Waals surface area contributed by atoms with Crippen LogP contribution in [0.3, 0.4) is 0 Å². The number of hydrogen-bond acceptors (Lipinski definition) is 0. The first-order chi connectivity index (χ1) is 5.57. The maximum absolute atomic E-state index is 2.54. The Hall–Kier alpha value is 0.130. The Labute approximate surface area is 77.3 Å². The largest absolute Gasteiger partial charge is 0.109 e. The minimum atomic E-state index is 0.763. The van der Waals surface area contributed by atoms with Crippen molar-refractivity contribution in [1.82, 2.24) is 0 Å². The molecule has 4 rings (SSSR count). The summed E-state index contributed by atoms with van der Waals surface area (Å²) in [4.78, 5) is 0. The Kier molecular flexibility index (Phi) is 1.23. The van der Waals surface area contributed by atoms with Gasteiger partial charge in [-0.1, -0.05) is 42.7 Å². The van der Waals surface area contributed by atoms with Crippen LogP contribution in [0.25, 0.3) is 0 Å². The van der Waals surface area contributed by atoms with Gasteiger partial charge in [0.1, 0.15) is 15.7 Å². The Morgan fingerprint density at radius 3 is 1.58 bits per heavy atom. The molecule has 0 saturated heterocycles. The normalized spacial score (nSPS) is 62.3. The summed E-state index contributed by atoms with van der Waals surface area (Å²) in [6.45, 7) is 0. The molecule has 0 N–H and O–H groups in total. The smallest absolute Gasteiger partial charge is 0.0581 e. The molecule has 0 aromatic carbocycles. The van der Waals surface area contributed by atoms with E-state index in [0.29, 0.717) is 0 Å². The lowest BCUT2D eigenvalue weighted by Gasteiger charge is -2.60. The highest BCUT2D eigenvalue weighted by Gasteiger charge is 2.53. The van der Waals surface area contributed by atoms with Crippen molar-refractivity contribution >= 4 is 15.7 Å². The van der Waals surface area contributed by atoms with Gasteiger partial charge in [0.05, 0.1) is 0 Å². The van der Waals surface area contributed by atoms with Crippen molar-refractivity contribution in [3.8, 4) is 0 Å². The van der Waals surface area contributed by atoms with E-state index in [4.69, 9.17) is 0 Å². The van der Waals surface area contributed by atoms with E-state index >= 15 is 0 Å². The first-order valence-electron chi connectivity index (χ1n) is 5.57. The van der Waals surface area contributed by atoms with E-state index in [1.165, 1.54) is 6.42 Å². The zero-order valence-electron chi connectivity index (χ0n) is 8.40. The average molecular weight is 160 g/mol. The van der Waals surface area contributed by atoms with E-state index in [0.717, 1.165) is 22.5 Å². The van der Waals surface area contributed by atoms with E-state index in [1.807, 2.05) is 0 Å². The topological polar surface area (TPSA) is 0 Å². The van der Waals surface area contributed by atoms with Crippen molar-refractivity contribution in [2.24, 2.45) is 11.8 Å². The maximum atomic E-state index is 2.54. The number of hydrogen-bond donors (Lipinski definition) is 0. The highest BCUT2D eigenvalue weighted by atomic mass is 14.5. The zero-order chi connectivity index (χ0) is 8.40. The van der Waals surface area contributed by atoms with Crippen LogP contribution in [-0.2, 0) is 0 Å². The first kappa shape index (κ1) is 7.53. The second-order valence-corrected chi connectivity index (χ2v) is 6.58. The van der Waals surface area contributed by atoms with E-state index in [2.05, 4.69) is 15.7 Å². The second-order valence-electron chi connectivity index (χ2n) is 6.58. The molecule has 64 valence electrons. The molecule has 4 fully saturated rings. The molecule has 0 unspecified atom stereocenters. The summed E-state index contributed by atoms with van der Waals surface area (Å²) in [6, 6.07) is 0. The fraction of sp³-hybridized carbons (Fsp3) is 1.00. The summed E-state index contributed by atoms with van der Waals surface area (Å²) in [5.74, 6) is 2.22. The molecule has 4 bridgehead atoms. The van der Waals surface area contributed by atoms with Crippen molar-refractivity contribution in [2.45, 2.75) is 49.2 Å². The monoisotopic (exact) mass is 160 g/mol. The Morgan fingerprint density at radius 2 is 1.25 bits per heavy atom. The predicted molar refractivity (Wildman–Crippen MR) is 57.2 cm³/mol. The highest BCUT2D eigenvalue weighted by molar-refractivity contribution is 6.19. The van der Waals surface area contributed by atoms with Gasteiger partial charge in [0, 0.05) is 0 Å². The molecule has 0 nitrogen and oxygen atoms in total. The molecule has 12 heavy (non-hydrogen) atoms. The fourth-order valence-electron chi connectivity index (χ4n) is 5.22. The Balaban J connectivity index is 1.98. The van der Waals surface area contributed by atoms with Gasteiger partial charge in [0.15, 0.2) is 0 Å². The van der Waals surface area contributed by atoms with Crippen LogP contribution in [0.5, 0.6) is 0 Å². The molecular formula is C10H18B2. The fourth-order valence-corrected chi connectivity index (χ4v) is 5.22. The SMILES string of the molecule is BC12CC3CC(C1)CC(B)(C3)C2. The molecule has 4 aliphatic carbocycles. The molecule has 0 aromatic heterocycles. The van der Waals surface area contributed by atoms with Crippen molar-refractivity contribution in [2.75, 3.05) is 0 Å². The van der Waals surface area contributed by atoms with Crippen molar-refractivity contribution < 1.29 is 0 Å². The molecule has 4 saturated carbocycles. The average Bonchev–Trinajstić information content (AvgIpc) is 1.75. The molecule has 0 amide bonds. The first-order valence-corrected chi connectivity index (χ1v) is 5.57. The number of rotatable bonds is 0. The van der Waals surface area contributed by atoms with Crippen molar-refractivity contribution in [1.29, 1.82) is 0 Å². The molecule has 0 radical (unpaired) electrons. The lowest BCUT2D eigenvalue weighted by molar-refractivity contribution is 0.0409. The lowest BCUT2D eigenvalue weighted by atomic mass is 9.35. The summed E-state index contributed by atoms with van der Waals surface area (Å²) in [5, 5.41) is 1.53. The van der Waals surface area contributed by atoms with Gasteiger partial charge in [-0.2, -0.15) is 0 Å². The van der Waals surface area contributed by atoms with Gasteiger partial charge in [0.2, 0.25) is 0 Å². The van der Waals surface area contributed by atoms with Gasteiger partial charge in [-0.05, 0) is 18.3 Å². The summed E-state index contributed by atoms with van der Waals surface area (Å²) in [5.41, 5.74) is 0. The van der Waals surface area contributed by atoms with Gasteiger partial charge in [-0.25, -0.2) is 0 Å².